The van der Waals surface area contributed by atoms with Gasteiger partial charge in [-0.1, -0.05) is 92.8 Å². The second-order valence-electron chi connectivity index (χ2n) is 6.67. The van der Waals surface area contributed by atoms with Crippen molar-refractivity contribution in [1.29, 1.82) is 0 Å². The van der Waals surface area contributed by atoms with Crippen LogP contribution in [0.5, 0.6) is 0 Å². The van der Waals surface area contributed by atoms with Crippen molar-refractivity contribution < 1.29 is 4.79 Å². The van der Waals surface area contributed by atoms with Crippen LogP contribution in [0, 0.1) is 0 Å². The van der Waals surface area contributed by atoms with Crippen LogP contribution in [-0.4, -0.2) is 5.78 Å². The summed E-state index contributed by atoms with van der Waals surface area (Å²) in [6.45, 7) is 0. The van der Waals surface area contributed by atoms with Gasteiger partial charge in [-0.15, -0.1) is 0 Å². The van der Waals surface area contributed by atoms with E-state index in [9.17, 15) is 4.79 Å². The first-order valence-electron chi connectivity index (χ1n) is 9.00. The first-order chi connectivity index (χ1) is 11.4. The zero-order valence-electron chi connectivity index (χ0n) is 13.8. The fraction of sp³-hybridized carbons (Fsp3) is 0.409. The van der Waals surface area contributed by atoms with Crippen LogP contribution in [0.3, 0.4) is 0 Å². The van der Waals surface area contributed by atoms with Crippen LogP contribution < -0.4 is 0 Å². The smallest absolute Gasteiger partial charge is 0.147 e. The molecule has 0 spiro atoms. The Balaban J connectivity index is 1.91. The Labute approximate surface area is 139 Å². The molecule has 0 N–H and O–H groups in total. The third-order valence-electron chi connectivity index (χ3n) is 5.08. The van der Waals surface area contributed by atoms with Gasteiger partial charge >= 0.3 is 0 Å². The summed E-state index contributed by atoms with van der Waals surface area (Å²) in [7, 11) is 0. The second kappa shape index (κ2) is 8.10. The number of benzene rings is 2. The number of rotatable bonds is 2. The van der Waals surface area contributed by atoms with Crippen LogP contribution in [0.2, 0.25) is 0 Å². The lowest BCUT2D eigenvalue weighted by Crippen LogP contribution is -2.22. The summed E-state index contributed by atoms with van der Waals surface area (Å²) in [4.78, 5) is 13.4. The van der Waals surface area contributed by atoms with Crippen LogP contribution in [-0.2, 0) is 4.79 Å². The molecule has 0 heterocycles. The fourth-order valence-corrected chi connectivity index (χ4v) is 3.79. The molecule has 3 rings (SSSR count). The number of hydrogen-bond acceptors (Lipinski definition) is 1. The molecule has 2 aromatic rings. The van der Waals surface area contributed by atoms with Crippen LogP contribution in [0.1, 0.15) is 67.9 Å². The molecule has 0 bridgehead atoms. The maximum Gasteiger partial charge on any atom is 0.147 e. The van der Waals surface area contributed by atoms with Crippen molar-refractivity contribution in [1.82, 2.24) is 0 Å². The summed E-state index contributed by atoms with van der Waals surface area (Å²) in [6.07, 6.45) is 8.12. The van der Waals surface area contributed by atoms with E-state index in [2.05, 4.69) is 48.5 Å². The lowest BCUT2D eigenvalue weighted by molar-refractivity contribution is -0.122. The van der Waals surface area contributed by atoms with Crippen molar-refractivity contribution in [3.8, 4) is 0 Å². The Bertz CT molecular complexity index is 549. The highest BCUT2D eigenvalue weighted by atomic mass is 16.1. The van der Waals surface area contributed by atoms with Crippen molar-refractivity contribution >= 4 is 5.78 Å². The maximum absolute atomic E-state index is 13.4. The fourth-order valence-electron chi connectivity index (χ4n) is 3.79. The largest absolute Gasteiger partial charge is 0.298 e. The zero-order chi connectivity index (χ0) is 15.9. The standard InChI is InChI=1S/C22H26O/c23-22-20(18-12-6-4-7-13-18)16-10-2-1-3-11-17-21(22)19-14-8-5-9-15-19/h4-9,12-15,20-21H,1-3,10-11,16-17H2. The molecule has 1 saturated carbocycles. The summed E-state index contributed by atoms with van der Waals surface area (Å²) in [5.74, 6) is 0.531. The third-order valence-corrected chi connectivity index (χ3v) is 5.08. The van der Waals surface area contributed by atoms with Gasteiger partial charge in [-0.3, -0.25) is 4.79 Å². The molecule has 1 nitrogen and oxygen atoms in total. The number of ketones is 1. The summed E-state index contributed by atoms with van der Waals surface area (Å²) < 4.78 is 0. The van der Waals surface area contributed by atoms with Gasteiger partial charge < -0.3 is 0 Å². The van der Waals surface area contributed by atoms with Gasteiger partial charge in [-0.2, -0.15) is 0 Å². The van der Waals surface area contributed by atoms with E-state index in [1.54, 1.807) is 0 Å². The van der Waals surface area contributed by atoms with Gasteiger partial charge in [0.2, 0.25) is 0 Å². The molecule has 2 aromatic carbocycles. The monoisotopic (exact) mass is 306 g/mol. The molecule has 1 heteroatoms. The molecule has 2 atom stereocenters. The van der Waals surface area contributed by atoms with Crippen molar-refractivity contribution in [3.63, 3.8) is 0 Å². The van der Waals surface area contributed by atoms with E-state index in [1.165, 1.54) is 30.4 Å². The molecule has 0 aromatic heterocycles. The predicted molar refractivity (Wildman–Crippen MR) is 95.7 cm³/mol. The van der Waals surface area contributed by atoms with E-state index in [0.717, 1.165) is 25.7 Å². The van der Waals surface area contributed by atoms with Gasteiger partial charge in [0.15, 0.2) is 0 Å². The molecular weight excluding hydrogens is 280 g/mol. The van der Waals surface area contributed by atoms with E-state index in [0.29, 0.717) is 5.78 Å². The summed E-state index contributed by atoms with van der Waals surface area (Å²) in [5.41, 5.74) is 2.39. The van der Waals surface area contributed by atoms with Crippen LogP contribution in [0.4, 0.5) is 0 Å². The maximum atomic E-state index is 13.4. The van der Waals surface area contributed by atoms with Crippen LogP contribution >= 0.6 is 0 Å². The molecule has 120 valence electrons. The van der Waals surface area contributed by atoms with Crippen molar-refractivity contribution in [2.45, 2.75) is 56.8 Å². The lowest BCUT2D eigenvalue weighted by Gasteiger charge is -2.25. The Kier molecular flexibility index (Phi) is 5.63. The quantitative estimate of drug-likeness (QED) is 0.678. The van der Waals surface area contributed by atoms with Gasteiger partial charge in [0, 0.05) is 11.8 Å². The Morgan fingerprint density at radius 2 is 0.957 bits per heavy atom. The summed E-state index contributed by atoms with van der Waals surface area (Å²) in [6, 6.07) is 20.8. The van der Waals surface area contributed by atoms with Crippen LogP contribution in [0.15, 0.2) is 60.7 Å². The van der Waals surface area contributed by atoms with Crippen molar-refractivity contribution in [2.75, 3.05) is 0 Å². The molecule has 23 heavy (non-hydrogen) atoms. The minimum Gasteiger partial charge on any atom is -0.298 e. The number of Topliss-reactive ketones (excluding diaryl/α,β-unsaturated/α-hetero) is 1. The summed E-state index contributed by atoms with van der Waals surface area (Å²) in [5, 5.41) is 0. The minimum atomic E-state index is 0.0551. The predicted octanol–water partition coefficient (Wildman–Crippen LogP) is 5.87. The van der Waals surface area contributed by atoms with Crippen molar-refractivity contribution in [2.24, 2.45) is 0 Å². The number of carbonyl (C=O) groups is 1. The third kappa shape index (κ3) is 4.10. The molecule has 0 saturated heterocycles. The highest BCUT2D eigenvalue weighted by Gasteiger charge is 2.29. The molecule has 2 unspecified atom stereocenters. The minimum absolute atomic E-state index is 0.0551. The normalized spacial score (nSPS) is 23.4. The SMILES string of the molecule is O=C1C(c2ccccc2)CCCCCCCC1c1ccccc1. The van der Waals surface area contributed by atoms with Gasteiger partial charge in [0.25, 0.3) is 0 Å². The molecular formula is C22H26O. The zero-order valence-corrected chi connectivity index (χ0v) is 13.8. The topological polar surface area (TPSA) is 17.1 Å². The first kappa shape index (κ1) is 16.0. The van der Waals surface area contributed by atoms with Gasteiger partial charge in [0.1, 0.15) is 5.78 Å². The lowest BCUT2D eigenvalue weighted by atomic mass is 9.78. The second-order valence-corrected chi connectivity index (χ2v) is 6.67. The van der Waals surface area contributed by atoms with E-state index in [-0.39, 0.29) is 11.8 Å². The van der Waals surface area contributed by atoms with Crippen LogP contribution in [0.25, 0.3) is 0 Å². The van der Waals surface area contributed by atoms with E-state index in [1.807, 2.05) is 12.1 Å². The van der Waals surface area contributed by atoms with E-state index >= 15 is 0 Å². The number of carbonyl (C=O) groups excluding carboxylic acids is 1. The summed E-state index contributed by atoms with van der Waals surface area (Å²) >= 11 is 0. The molecule has 0 aliphatic heterocycles. The van der Waals surface area contributed by atoms with Gasteiger partial charge in [0.05, 0.1) is 0 Å². The highest BCUT2D eigenvalue weighted by Crippen LogP contribution is 2.34. The molecule has 1 fully saturated rings. The Hall–Kier alpha value is -1.89. The highest BCUT2D eigenvalue weighted by molar-refractivity contribution is 5.91. The van der Waals surface area contributed by atoms with Gasteiger partial charge in [-0.25, -0.2) is 0 Å². The van der Waals surface area contributed by atoms with E-state index in [4.69, 9.17) is 0 Å². The average molecular weight is 306 g/mol. The van der Waals surface area contributed by atoms with Crippen molar-refractivity contribution in [3.05, 3.63) is 71.8 Å². The molecule has 0 radical (unpaired) electrons. The molecule has 0 amide bonds. The first-order valence-corrected chi connectivity index (χ1v) is 9.00. The average Bonchev–Trinajstić information content (AvgIpc) is 2.62. The Morgan fingerprint density at radius 3 is 1.39 bits per heavy atom. The van der Waals surface area contributed by atoms with E-state index < -0.39 is 0 Å². The molecule has 1 aliphatic rings. The number of hydrogen-bond donors (Lipinski definition) is 0. The van der Waals surface area contributed by atoms with Gasteiger partial charge in [-0.05, 0) is 24.0 Å². The molecule has 1 aliphatic carbocycles. The Morgan fingerprint density at radius 1 is 0.565 bits per heavy atom.